The van der Waals surface area contributed by atoms with Gasteiger partial charge in [-0.2, -0.15) is 0 Å². The van der Waals surface area contributed by atoms with Crippen LogP contribution in [-0.4, -0.2) is 71.4 Å². The molecule has 9 rings (SSSR count). The molecule has 1 aromatic rings. The monoisotopic (exact) mass is 822 g/mol. The van der Waals surface area contributed by atoms with Crippen LogP contribution in [0.25, 0.3) is 0 Å². The summed E-state index contributed by atoms with van der Waals surface area (Å²) in [6.07, 6.45) is 15.4. The molecule has 7 nitrogen and oxygen atoms in total. The van der Waals surface area contributed by atoms with Crippen molar-refractivity contribution < 1.29 is 19.1 Å². The van der Waals surface area contributed by atoms with Gasteiger partial charge in [-0.15, -0.1) is 0 Å². The van der Waals surface area contributed by atoms with Crippen molar-refractivity contribution in [2.75, 3.05) is 26.2 Å². The van der Waals surface area contributed by atoms with Crippen molar-refractivity contribution in [3.8, 4) is 0 Å². The van der Waals surface area contributed by atoms with Gasteiger partial charge in [0.05, 0.1) is 11.5 Å². The number of allylic oxidation sites excluding steroid dienone is 1. The van der Waals surface area contributed by atoms with Crippen LogP contribution in [0.2, 0.25) is 0 Å². The summed E-state index contributed by atoms with van der Waals surface area (Å²) < 4.78 is 6.70. The lowest BCUT2D eigenvalue weighted by atomic mass is 9.33. The molecule has 7 heteroatoms. The predicted octanol–water partition coefficient (Wildman–Crippen LogP) is 10.8. The van der Waals surface area contributed by atoms with Crippen LogP contribution in [0, 0.1) is 62.6 Å². The van der Waals surface area contributed by atoms with Gasteiger partial charge in [-0.3, -0.25) is 9.59 Å². The molecule has 11 atom stereocenters. The zero-order chi connectivity index (χ0) is 42.6. The Kier molecular flexibility index (Phi) is 10.6. The van der Waals surface area contributed by atoms with E-state index in [1.165, 1.54) is 24.0 Å². The number of likely N-dealkylation sites (tertiary alicyclic amines) is 2. The summed E-state index contributed by atoms with van der Waals surface area (Å²) in [5, 5.41) is 3.71. The summed E-state index contributed by atoms with van der Waals surface area (Å²) >= 11 is 0. The van der Waals surface area contributed by atoms with Crippen LogP contribution < -0.4 is 5.32 Å². The molecule has 330 valence electrons. The quantitative estimate of drug-likeness (QED) is 0.264. The largest absolute Gasteiger partial charge is 0.462 e. The number of carbonyl (C=O) groups is 3. The van der Waals surface area contributed by atoms with E-state index in [0.29, 0.717) is 24.2 Å². The summed E-state index contributed by atoms with van der Waals surface area (Å²) in [5.41, 5.74) is 3.26. The van der Waals surface area contributed by atoms with Crippen LogP contribution in [0.1, 0.15) is 158 Å². The number of esters is 1. The molecule has 2 aliphatic heterocycles. The van der Waals surface area contributed by atoms with Crippen molar-refractivity contribution in [2.45, 2.75) is 176 Å². The fourth-order valence-corrected chi connectivity index (χ4v) is 16.7. The molecule has 1 aromatic carbocycles. The molecule has 0 spiro atoms. The summed E-state index contributed by atoms with van der Waals surface area (Å²) in [5.74, 6) is 2.22. The first-order chi connectivity index (χ1) is 28.4. The molecule has 6 aliphatic carbocycles. The Morgan fingerprint density at radius 1 is 0.800 bits per heavy atom. The van der Waals surface area contributed by atoms with E-state index in [0.717, 1.165) is 109 Å². The SMILES string of the molecule is CC(C)C1=C2[C@H]3CC[C@@H]4[C@@]5(C)CC[C@H](OC(=O)[C@H]6C[C@@H](Cc7ccccc7)C6(C)C)C(C)(C)[C@@H]5CC[C@@]4(C)[C@]3(C)CC[C@@]2(NC(=O)N2CCC[C@H]2CN2CCCC2)CC1=O. The van der Waals surface area contributed by atoms with Crippen LogP contribution >= 0.6 is 0 Å². The number of nitrogens with one attached hydrogen (secondary N) is 1. The Labute approximate surface area is 363 Å². The van der Waals surface area contributed by atoms with Gasteiger partial charge in [0, 0.05) is 31.0 Å². The van der Waals surface area contributed by atoms with Crippen LogP contribution in [0.3, 0.4) is 0 Å². The second-order valence-electron chi connectivity index (χ2n) is 24.0. The number of fused-ring (bicyclic) bond motifs is 7. The Hall–Kier alpha value is -2.67. The second kappa shape index (κ2) is 15.0. The maximum Gasteiger partial charge on any atom is 0.318 e. The maximum atomic E-state index is 14.5. The van der Waals surface area contributed by atoms with E-state index >= 15 is 0 Å². The average molecular weight is 822 g/mol. The molecule has 7 fully saturated rings. The molecule has 8 aliphatic rings. The highest BCUT2D eigenvalue weighted by molar-refractivity contribution is 6.02. The minimum absolute atomic E-state index is 0.0315. The highest BCUT2D eigenvalue weighted by Crippen LogP contribution is 2.76. The molecule has 0 bridgehead atoms. The van der Waals surface area contributed by atoms with Gasteiger partial charge < -0.3 is 19.9 Å². The lowest BCUT2D eigenvalue weighted by molar-refractivity contribution is -0.235. The Morgan fingerprint density at radius 2 is 1.53 bits per heavy atom. The number of hydrogen-bond donors (Lipinski definition) is 1. The zero-order valence-corrected chi connectivity index (χ0v) is 39.0. The van der Waals surface area contributed by atoms with Gasteiger partial charge in [0.1, 0.15) is 6.10 Å². The number of amides is 2. The lowest BCUT2D eigenvalue weighted by Crippen LogP contribution is -2.68. The standard InChI is InChI=1S/C53H79N3O4/c1-34(2)44-40(57)32-53(54-47(59)56-29-15-18-37(56)33-55-27-13-14-28-55)26-25-51(8)38(45(44)53)19-20-42-50(7)23-22-43(49(5,6)41(50)21-24-52(42,51)9)60-46(58)39-31-36(48(39,3)4)30-35-16-11-10-12-17-35/h10-12,16-17,34,36-39,41-43H,13-15,18-33H2,1-9H3,(H,54,59)/t36-,37+,38-,39-,41+,42-,43+,50+,51-,52-,53-/m1/s1. The van der Waals surface area contributed by atoms with E-state index in [2.05, 4.69) is 108 Å². The Balaban J connectivity index is 0.926. The van der Waals surface area contributed by atoms with Gasteiger partial charge in [-0.1, -0.05) is 92.6 Å². The van der Waals surface area contributed by atoms with E-state index in [9.17, 15) is 14.4 Å². The number of nitrogens with zero attached hydrogens (tertiary/aromatic N) is 2. The predicted molar refractivity (Wildman–Crippen MR) is 239 cm³/mol. The zero-order valence-electron chi connectivity index (χ0n) is 39.0. The molecular weight excluding hydrogens is 743 g/mol. The van der Waals surface area contributed by atoms with Crippen molar-refractivity contribution in [3.05, 3.63) is 47.0 Å². The third-order valence-electron chi connectivity index (χ3n) is 20.4. The molecule has 0 aromatic heterocycles. The van der Waals surface area contributed by atoms with E-state index in [4.69, 9.17) is 4.74 Å². The topological polar surface area (TPSA) is 79.0 Å². The molecule has 60 heavy (non-hydrogen) atoms. The minimum atomic E-state index is -0.566. The normalized spacial score (nSPS) is 41.9. The molecule has 0 unspecified atom stereocenters. The van der Waals surface area contributed by atoms with Crippen molar-refractivity contribution in [3.63, 3.8) is 0 Å². The van der Waals surface area contributed by atoms with Gasteiger partial charge in [0.25, 0.3) is 0 Å². The van der Waals surface area contributed by atoms with Gasteiger partial charge >= 0.3 is 12.0 Å². The smallest absolute Gasteiger partial charge is 0.318 e. The van der Waals surface area contributed by atoms with Crippen molar-refractivity contribution in [1.29, 1.82) is 0 Å². The minimum Gasteiger partial charge on any atom is -0.462 e. The van der Waals surface area contributed by atoms with Crippen molar-refractivity contribution in [1.82, 2.24) is 15.1 Å². The number of carbonyl (C=O) groups excluding carboxylic acids is 3. The van der Waals surface area contributed by atoms with Gasteiger partial charge in [-0.25, -0.2) is 4.79 Å². The molecule has 1 N–H and O–H groups in total. The van der Waals surface area contributed by atoms with E-state index in [-0.39, 0.29) is 74.8 Å². The fraction of sp³-hybridized carbons (Fsp3) is 0.792. The highest BCUT2D eigenvalue weighted by Gasteiger charge is 2.70. The number of urea groups is 1. The van der Waals surface area contributed by atoms with Crippen LogP contribution in [0.5, 0.6) is 0 Å². The fourth-order valence-electron chi connectivity index (χ4n) is 16.7. The number of rotatable bonds is 8. The Bertz CT molecular complexity index is 1880. The molecule has 2 amide bonds. The summed E-state index contributed by atoms with van der Waals surface area (Å²) in [6.45, 7) is 25.8. The van der Waals surface area contributed by atoms with E-state index in [1.807, 2.05) is 0 Å². The average Bonchev–Trinajstić information content (AvgIpc) is 3.95. The summed E-state index contributed by atoms with van der Waals surface area (Å²) in [7, 11) is 0. The molecule has 2 saturated heterocycles. The van der Waals surface area contributed by atoms with Crippen LogP contribution in [0.15, 0.2) is 41.5 Å². The molecule has 2 heterocycles. The van der Waals surface area contributed by atoms with Crippen LogP contribution in [0.4, 0.5) is 4.79 Å². The number of ether oxygens (including phenoxy) is 1. The first-order valence-corrected chi connectivity index (χ1v) is 24.7. The second-order valence-corrected chi connectivity index (χ2v) is 24.0. The Morgan fingerprint density at radius 3 is 2.23 bits per heavy atom. The lowest BCUT2D eigenvalue weighted by Gasteiger charge is -2.72. The van der Waals surface area contributed by atoms with Gasteiger partial charge in [0.2, 0.25) is 0 Å². The third kappa shape index (κ3) is 6.43. The van der Waals surface area contributed by atoms with E-state index in [1.54, 1.807) is 0 Å². The number of hydrogen-bond acceptors (Lipinski definition) is 5. The number of Topliss-reactive ketones (excluding diaryl/α,β-unsaturated/α-hetero) is 1. The summed E-state index contributed by atoms with van der Waals surface area (Å²) in [4.78, 5) is 47.5. The van der Waals surface area contributed by atoms with Crippen LogP contribution in [-0.2, 0) is 20.7 Å². The number of benzene rings is 1. The van der Waals surface area contributed by atoms with Gasteiger partial charge in [0.15, 0.2) is 5.78 Å². The number of ketones is 1. The van der Waals surface area contributed by atoms with Gasteiger partial charge in [-0.05, 0) is 171 Å². The maximum absolute atomic E-state index is 14.5. The molecule has 0 radical (unpaired) electrons. The highest BCUT2D eigenvalue weighted by atomic mass is 16.5. The summed E-state index contributed by atoms with van der Waals surface area (Å²) in [6, 6.07) is 11.1. The van der Waals surface area contributed by atoms with E-state index < -0.39 is 5.54 Å². The molecular formula is C53H79N3O4. The first-order valence-electron chi connectivity index (χ1n) is 24.7. The van der Waals surface area contributed by atoms with Crippen molar-refractivity contribution >= 4 is 17.8 Å². The first kappa shape index (κ1) is 42.6. The van der Waals surface area contributed by atoms with Crippen molar-refractivity contribution in [2.24, 2.45) is 62.6 Å². The molecule has 5 saturated carbocycles. The third-order valence-corrected chi connectivity index (χ3v) is 20.4.